The Labute approximate surface area is 114 Å². The van der Waals surface area contributed by atoms with Crippen LogP contribution in [-0.4, -0.2) is 12.6 Å². The lowest BCUT2D eigenvalue weighted by atomic mass is 9.71. The lowest BCUT2D eigenvalue weighted by Crippen LogP contribution is -2.36. The van der Waals surface area contributed by atoms with Crippen molar-refractivity contribution in [3.05, 3.63) is 0 Å². The molecule has 0 bridgehead atoms. The molecule has 2 rings (SSSR count). The molecule has 18 heavy (non-hydrogen) atoms. The highest BCUT2D eigenvalue weighted by molar-refractivity contribution is 4.96. The van der Waals surface area contributed by atoms with Crippen molar-refractivity contribution < 1.29 is 0 Å². The van der Waals surface area contributed by atoms with E-state index in [1.54, 1.807) is 0 Å². The molecule has 1 heteroatoms. The van der Waals surface area contributed by atoms with Crippen molar-refractivity contribution in [2.75, 3.05) is 6.54 Å². The number of nitrogens with one attached hydrogen (secondary N) is 1. The Kier molecular flexibility index (Phi) is 6.01. The largest absolute Gasteiger partial charge is 0.313 e. The lowest BCUT2D eigenvalue weighted by molar-refractivity contribution is 0.186. The molecule has 0 radical (unpaired) electrons. The maximum Gasteiger partial charge on any atom is 0.0121 e. The summed E-state index contributed by atoms with van der Waals surface area (Å²) in [6.45, 7) is 3.65. The summed E-state index contributed by atoms with van der Waals surface area (Å²) in [5.74, 6) is 0. The van der Waals surface area contributed by atoms with E-state index in [-0.39, 0.29) is 0 Å². The van der Waals surface area contributed by atoms with E-state index in [0.29, 0.717) is 5.41 Å². The molecule has 1 N–H and O–H groups in total. The van der Waals surface area contributed by atoms with Gasteiger partial charge in [0.2, 0.25) is 0 Å². The quantitative estimate of drug-likeness (QED) is 0.687. The van der Waals surface area contributed by atoms with Crippen molar-refractivity contribution in [2.45, 2.75) is 96.4 Å². The molecule has 2 aliphatic rings. The van der Waals surface area contributed by atoms with E-state index in [1.165, 1.54) is 90.0 Å². The predicted octanol–water partition coefficient (Wildman–Crippen LogP) is 5.05. The first-order valence-electron chi connectivity index (χ1n) is 8.61. The third kappa shape index (κ3) is 3.73. The summed E-state index contributed by atoms with van der Waals surface area (Å²) in [6.07, 6.45) is 19.2. The Morgan fingerprint density at radius 3 is 1.78 bits per heavy atom. The first-order valence-corrected chi connectivity index (χ1v) is 8.61. The molecule has 0 amide bonds. The molecule has 0 aromatic rings. The molecular weight excluding hydrogens is 218 g/mol. The van der Waals surface area contributed by atoms with Gasteiger partial charge in [-0.25, -0.2) is 0 Å². The van der Waals surface area contributed by atoms with Crippen LogP contribution in [0.25, 0.3) is 0 Å². The van der Waals surface area contributed by atoms with Crippen LogP contribution in [0.3, 0.4) is 0 Å². The molecule has 1 nitrogen and oxygen atoms in total. The summed E-state index contributed by atoms with van der Waals surface area (Å²) in [4.78, 5) is 0. The molecule has 1 saturated heterocycles. The smallest absolute Gasteiger partial charge is 0.0121 e. The van der Waals surface area contributed by atoms with Crippen LogP contribution < -0.4 is 5.32 Å². The van der Waals surface area contributed by atoms with Crippen molar-refractivity contribution in [1.29, 1.82) is 0 Å². The average molecular weight is 251 g/mol. The van der Waals surface area contributed by atoms with E-state index in [0.717, 1.165) is 6.04 Å². The highest BCUT2D eigenvalue weighted by atomic mass is 15.0. The number of rotatable bonds is 1. The van der Waals surface area contributed by atoms with Crippen molar-refractivity contribution in [3.8, 4) is 0 Å². The van der Waals surface area contributed by atoms with E-state index in [9.17, 15) is 0 Å². The van der Waals surface area contributed by atoms with Gasteiger partial charge in [0, 0.05) is 6.04 Å². The molecule has 1 aliphatic carbocycles. The molecule has 1 spiro atoms. The first-order chi connectivity index (χ1) is 8.87. The molecule has 1 unspecified atom stereocenters. The standard InChI is InChI=1S/C17H33N/c1-2-16-17(14-15-18-16)12-10-8-6-4-3-5-7-9-11-13-17/h16,18H,2-15H2,1H3. The summed E-state index contributed by atoms with van der Waals surface area (Å²) >= 11 is 0. The molecule has 106 valence electrons. The van der Waals surface area contributed by atoms with Gasteiger partial charge in [0.1, 0.15) is 0 Å². The summed E-state index contributed by atoms with van der Waals surface area (Å²) < 4.78 is 0. The molecule has 0 aromatic carbocycles. The number of hydrogen-bond donors (Lipinski definition) is 1. The minimum Gasteiger partial charge on any atom is -0.313 e. The summed E-state index contributed by atoms with van der Waals surface area (Å²) in [5, 5.41) is 3.78. The Morgan fingerprint density at radius 1 is 0.778 bits per heavy atom. The maximum atomic E-state index is 3.78. The SMILES string of the molecule is CCC1NCCC12CCCCCCCCCCC2. The number of hydrogen-bond acceptors (Lipinski definition) is 1. The molecular formula is C17H33N. The maximum absolute atomic E-state index is 3.78. The molecule has 1 atom stereocenters. The van der Waals surface area contributed by atoms with Crippen LogP contribution in [0.1, 0.15) is 90.4 Å². The second kappa shape index (κ2) is 7.53. The van der Waals surface area contributed by atoms with Crippen molar-refractivity contribution in [2.24, 2.45) is 5.41 Å². The van der Waals surface area contributed by atoms with Gasteiger partial charge in [-0.1, -0.05) is 64.7 Å². The van der Waals surface area contributed by atoms with Gasteiger partial charge in [0.25, 0.3) is 0 Å². The Bertz CT molecular complexity index is 212. The van der Waals surface area contributed by atoms with Crippen molar-refractivity contribution in [1.82, 2.24) is 5.32 Å². The Balaban J connectivity index is 1.92. The van der Waals surface area contributed by atoms with Gasteiger partial charge >= 0.3 is 0 Å². The van der Waals surface area contributed by atoms with Gasteiger partial charge in [-0.05, 0) is 37.6 Å². The zero-order valence-corrected chi connectivity index (χ0v) is 12.5. The summed E-state index contributed by atoms with van der Waals surface area (Å²) in [5.41, 5.74) is 0.675. The van der Waals surface area contributed by atoms with Crippen LogP contribution in [0.2, 0.25) is 0 Å². The van der Waals surface area contributed by atoms with E-state index >= 15 is 0 Å². The Hall–Kier alpha value is -0.0400. The molecule has 1 heterocycles. The molecule has 1 aliphatic heterocycles. The molecule has 2 fully saturated rings. The van der Waals surface area contributed by atoms with Gasteiger partial charge in [0.15, 0.2) is 0 Å². The van der Waals surface area contributed by atoms with E-state index < -0.39 is 0 Å². The zero-order valence-electron chi connectivity index (χ0n) is 12.5. The minimum atomic E-state index is 0.675. The predicted molar refractivity (Wildman–Crippen MR) is 79.9 cm³/mol. The van der Waals surface area contributed by atoms with Crippen LogP contribution >= 0.6 is 0 Å². The van der Waals surface area contributed by atoms with E-state index in [2.05, 4.69) is 12.2 Å². The minimum absolute atomic E-state index is 0.675. The van der Waals surface area contributed by atoms with Crippen LogP contribution in [0.15, 0.2) is 0 Å². The molecule has 0 aromatic heterocycles. The first kappa shape index (κ1) is 14.4. The van der Waals surface area contributed by atoms with Crippen LogP contribution in [0, 0.1) is 5.41 Å². The fourth-order valence-electron chi connectivity index (χ4n) is 4.38. The second-order valence-corrected chi connectivity index (χ2v) is 6.71. The van der Waals surface area contributed by atoms with Gasteiger partial charge in [0.05, 0.1) is 0 Å². The third-order valence-electron chi connectivity index (χ3n) is 5.51. The summed E-state index contributed by atoms with van der Waals surface area (Å²) in [6, 6.07) is 0.820. The Morgan fingerprint density at radius 2 is 1.28 bits per heavy atom. The highest BCUT2D eigenvalue weighted by Crippen LogP contribution is 2.43. The lowest BCUT2D eigenvalue weighted by Gasteiger charge is -2.35. The zero-order chi connectivity index (χ0) is 12.7. The highest BCUT2D eigenvalue weighted by Gasteiger charge is 2.40. The second-order valence-electron chi connectivity index (χ2n) is 6.71. The van der Waals surface area contributed by atoms with Gasteiger partial charge in [-0.15, -0.1) is 0 Å². The average Bonchev–Trinajstić information content (AvgIpc) is 2.77. The van der Waals surface area contributed by atoms with Gasteiger partial charge in [-0.3, -0.25) is 0 Å². The third-order valence-corrected chi connectivity index (χ3v) is 5.51. The fraction of sp³-hybridized carbons (Fsp3) is 1.00. The van der Waals surface area contributed by atoms with Gasteiger partial charge < -0.3 is 5.32 Å². The summed E-state index contributed by atoms with van der Waals surface area (Å²) in [7, 11) is 0. The van der Waals surface area contributed by atoms with E-state index in [1.807, 2.05) is 0 Å². The van der Waals surface area contributed by atoms with Crippen LogP contribution in [0.5, 0.6) is 0 Å². The van der Waals surface area contributed by atoms with E-state index in [4.69, 9.17) is 0 Å². The topological polar surface area (TPSA) is 12.0 Å². The normalized spacial score (nSPS) is 30.8. The fourth-order valence-corrected chi connectivity index (χ4v) is 4.38. The van der Waals surface area contributed by atoms with Gasteiger partial charge in [-0.2, -0.15) is 0 Å². The van der Waals surface area contributed by atoms with Crippen molar-refractivity contribution in [3.63, 3.8) is 0 Å². The monoisotopic (exact) mass is 251 g/mol. The van der Waals surface area contributed by atoms with Crippen LogP contribution in [0.4, 0.5) is 0 Å². The molecule has 1 saturated carbocycles. The van der Waals surface area contributed by atoms with Crippen molar-refractivity contribution >= 4 is 0 Å². The van der Waals surface area contributed by atoms with Crippen LogP contribution in [-0.2, 0) is 0 Å².